The smallest absolute Gasteiger partial charge is 0.146 e. The fourth-order valence-corrected chi connectivity index (χ4v) is 6.60. The maximum Gasteiger partial charge on any atom is 0.146 e. The molecule has 8 heteroatoms. The van der Waals surface area contributed by atoms with Gasteiger partial charge in [-0.05, 0) is 73.4 Å². The molecule has 0 saturated heterocycles. The Kier molecular flexibility index (Phi) is 6.29. The SMILES string of the molecule is CCc1c(C2NN=C(C3(c4ccc(Cl)cc4)CC3)S2)nc(-c2ccccc2Cl)n1-c1ccc(Cl)cc1. The van der Waals surface area contributed by atoms with Crippen LogP contribution in [0, 0.1) is 0 Å². The lowest BCUT2D eigenvalue weighted by Gasteiger charge is -2.16. The van der Waals surface area contributed by atoms with Crippen LogP contribution in [0.15, 0.2) is 77.9 Å². The molecule has 1 aliphatic heterocycles. The largest absolute Gasteiger partial charge is 0.296 e. The first-order valence-corrected chi connectivity index (χ1v) is 13.9. The Morgan fingerprint density at radius 2 is 1.61 bits per heavy atom. The van der Waals surface area contributed by atoms with Crippen LogP contribution in [-0.4, -0.2) is 14.6 Å². The van der Waals surface area contributed by atoms with Crippen LogP contribution >= 0.6 is 46.6 Å². The van der Waals surface area contributed by atoms with Crippen molar-refractivity contribution >= 4 is 51.6 Å². The van der Waals surface area contributed by atoms with Gasteiger partial charge in [0.2, 0.25) is 0 Å². The molecule has 2 aliphatic rings. The summed E-state index contributed by atoms with van der Waals surface area (Å²) in [5, 5.41) is 7.94. The van der Waals surface area contributed by atoms with E-state index in [0.29, 0.717) is 10.0 Å². The molecule has 0 amide bonds. The number of hydrogen-bond donors (Lipinski definition) is 1. The van der Waals surface area contributed by atoms with E-state index in [1.165, 1.54) is 5.56 Å². The van der Waals surface area contributed by atoms with Gasteiger partial charge in [-0.15, -0.1) is 0 Å². The van der Waals surface area contributed by atoms with Crippen molar-refractivity contribution in [2.45, 2.75) is 37.0 Å². The van der Waals surface area contributed by atoms with E-state index in [0.717, 1.165) is 57.8 Å². The van der Waals surface area contributed by atoms with Crippen LogP contribution in [-0.2, 0) is 11.8 Å². The van der Waals surface area contributed by atoms with Gasteiger partial charge in [0.25, 0.3) is 0 Å². The molecular weight excluding hydrogens is 531 g/mol. The molecule has 1 fully saturated rings. The van der Waals surface area contributed by atoms with Crippen molar-refractivity contribution in [1.29, 1.82) is 0 Å². The van der Waals surface area contributed by atoms with Gasteiger partial charge in [0.1, 0.15) is 16.2 Å². The molecule has 0 radical (unpaired) electrons. The van der Waals surface area contributed by atoms with E-state index in [9.17, 15) is 0 Å². The second-order valence-corrected chi connectivity index (χ2v) is 11.4. The van der Waals surface area contributed by atoms with Crippen LogP contribution in [0.3, 0.4) is 0 Å². The highest BCUT2D eigenvalue weighted by atomic mass is 35.5. The third-order valence-corrected chi connectivity index (χ3v) is 8.96. The third-order valence-electron chi connectivity index (χ3n) is 6.86. The first-order chi connectivity index (χ1) is 17.5. The first kappa shape index (κ1) is 23.9. The van der Waals surface area contributed by atoms with Crippen LogP contribution in [0.1, 0.15) is 42.1 Å². The maximum atomic E-state index is 6.65. The molecule has 36 heavy (non-hydrogen) atoms. The number of benzene rings is 3. The number of halogens is 3. The average molecular weight is 554 g/mol. The summed E-state index contributed by atoms with van der Waals surface area (Å²) in [5.74, 6) is 0.810. The lowest BCUT2D eigenvalue weighted by molar-refractivity contribution is 0.713. The van der Waals surface area contributed by atoms with Crippen molar-refractivity contribution in [2.24, 2.45) is 5.10 Å². The van der Waals surface area contributed by atoms with E-state index in [4.69, 9.17) is 44.9 Å². The van der Waals surface area contributed by atoms with Gasteiger partial charge in [0, 0.05) is 32.4 Å². The molecule has 3 aromatic carbocycles. The summed E-state index contributed by atoms with van der Waals surface area (Å²) in [5.41, 5.74) is 8.59. The molecule has 4 nitrogen and oxygen atoms in total. The number of nitrogens with one attached hydrogen (secondary N) is 1. The van der Waals surface area contributed by atoms with Gasteiger partial charge in [-0.25, -0.2) is 4.98 Å². The van der Waals surface area contributed by atoms with E-state index in [-0.39, 0.29) is 10.8 Å². The zero-order valence-corrected chi connectivity index (χ0v) is 22.6. The Bertz CT molecular complexity index is 1460. The van der Waals surface area contributed by atoms with Crippen molar-refractivity contribution in [3.8, 4) is 17.1 Å². The van der Waals surface area contributed by atoms with E-state index < -0.39 is 0 Å². The van der Waals surface area contributed by atoms with E-state index in [1.807, 2.05) is 60.7 Å². The summed E-state index contributed by atoms with van der Waals surface area (Å²) < 4.78 is 2.19. The zero-order chi connectivity index (χ0) is 24.9. The highest BCUT2D eigenvalue weighted by Crippen LogP contribution is 2.55. The number of aromatic nitrogens is 2. The number of rotatable bonds is 6. The minimum Gasteiger partial charge on any atom is -0.296 e. The summed E-state index contributed by atoms with van der Waals surface area (Å²) in [7, 11) is 0. The Balaban J connectivity index is 1.41. The Morgan fingerprint density at radius 1 is 0.944 bits per heavy atom. The lowest BCUT2D eigenvalue weighted by atomic mass is 9.97. The standard InChI is InChI=1S/C28H23Cl3N4S/c1-2-23-24(26-33-34-27(36-26)28(15-16-28)17-7-9-18(29)10-8-17)32-25(21-5-3-4-6-22(21)31)35(23)20-13-11-19(30)12-14-20/h3-14,26,33H,2,15-16H2,1H3. The van der Waals surface area contributed by atoms with Crippen molar-refractivity contribution in [2.75, 3.05) is 0 Å². The van der Waals surface area contributed by atoms with Crippen LogP contribution in [0.4, 0.5) is 0 Å². The van der Waals surface area contributed by atoms with Gasteiger partial charge in [-0.3, -0.25) is 9.99 Å². The molecule has 1 atom stereocenters. The predicted octanol–water partition coefficient (Wildman–Crippen LogP) is 8.44. The highest BCUT2D eigenvalue weighted by molar-refractivity contribution is 8.14. The molecular formula is C28H23Cl3N4S. The third kappa shape index (κ3) is 4.12. The van der Waals surface area contributed by atoms with E-state index >= 15 is 0 Å². The predicted molar refractivity (Wildman–Crippen MR) is 152 cm³/mol. The number of hydrazone groups is 1. The second-order valence-electron chi connectivity index (χ2n) is 9.05. The molecule has 1 aliphatic carbocycles. The van der Waals surface area contributed by atoms with Gasteiger partial charge in [0.15, 0.2) is 0 Å². The molecule has 4 aromatic rings. The van der Waals surface area contributed by atoms with Crippen LogP contribution in [0.5, 0.6) is 0 Å². The molecule has 0 bridgehead atoms. The normalized spacial score (nSPS) is 18.1. The monoisotopic (exact) mass is 552 g/mol. The van der Waals surface area contributed by atoms with E-state index in [2.05, 4.69) is 29.0 Å². The zero-order valence-electron chi connectivity index (χ0n) is 19.5. The lowest BCUT2D eigenvalue weighted by Crippen LogP contribution is -2.16. The van der Waals surface area contributed by atoms with Crippen LogP contribution in [0.25, 0.3) is 17.1 Å². The summed E-state index contributed by atoms with van der Waals surface area (Å²) in [6.45, 7) is 2.15. The summed E-state index contributed by atoms with van der Waals surface area (Å²) >= 11 is 20.8. The molecule has 1 N–H and O–H groups in total. The minimum atomic E-state index is -0.0884. The van der Waals surface area contributed by atoms with Crippen molar-refractivity contribution in [3.63, 3.8) is 0 Å². The molecule has 182 valence electrons. The topological polar surface area (TPSA) is 42.2 Å². The van der Waals surface area contributed by atoms with Crippen LogP contribution in [0.2, 0.25) is 15.1 Å². The Hall–Kier alpha value is -2.44. The van der Waals surface area contributed by atoms with Crippen molar-refractivity contribution in [3.05, 3.63) is 105 Å². The summed E-state index contributed by atoms with van der Waals surface area (Å²) in [6, 6.07) is 23.8. The first-order valence-electron chi connectivity index (χ1n) is 11.9. The van der Waals surface area contributed by atoms with E-state index in [1.54, 1.807) is 11.8 Å². The summed E-state index contributed by atoms with van der Waals surface area (Å²) in [6.07, 6.45) is 2.96. The highest BCUT2D eigenvalue weighted by Gasteiger charge is 2.52. The van der Waals surface area contributed by atoms with Gasteiger partial charge in [-0.1, -0.05) is 77.8 Å². The van der Waals surface area contributed by atoms with Gasteiger partial charge in [-0.2, -0.15) is 5.10 Å². The second kappa shape index (κ2) is 9.46. The number of imidazole rings is 1. The van der Waals surface area contributed by atoms with Gasteiger partial charge >= 0.3 is 0 Å². The Morgan fingerprint density at radius 3 is 2.25 bits per heavy atom. The van der Waals surface area contributed by atoms with Crippen molar-refractivity contribution < 1.29 is 0 Å². The average Bonchev–Trinajstić information content (AvgIpc) is 3.38. The summed E-state index contributed by atoms with van der Waals surface area (Å²) in [4.78, 5) is 5.19. The van der Waals surface area contributed by atoms with Crippen LogP contribution < -0.4 is 5.43 Å². The number of thioether (sulfide) groups is 1. The maximum absolute atomic E-state index is 6.65. The fourth-order valence-electron chi connectivity index (χ4n) is 4.85. The number of hydrogen-bond acceptors (Lipinski definition) is 4. The minimum absolute atomic E-state index is 0.0340. The molecule has 1 aromatic heterocycles. The Labute approximate surface area is 229 Å². The quantitative estimate of drug-likeness (QED) is 0.260. The van der Waals surface area contributed by atoms with Crippen molar-refractivity contribution in [1.82, 2.24) is 15.0 Å². The van der Waals surface area contributed by atoms with Gasteiger partial charge < -0.3 is 0 Å². The molecule has 6 rings (SSSR count). The molecule has 0 spiro atoms. The molecule has 1 unspecified atom stereocenters. The number of nitrogens with zero attached hydrogens (tertiary/aromatic N) is 3. The van der Waals surface area contributed by atoms with Gasteiger partial charge in [0.05, 0.1) is 10.7 Å². The fraction of sp³-hybridized carbons (Fsp3) is 0.214. The molecule has 1 saturated carbocycles. The molecule has 2 heterocycles.